The molecule has 0 saturated heterocycles. The number of aromatic nitrogens is 1. The summed E-state index contributed by atoms with van der Waals surface area (Å²) in [5, 5.41) is 3.71. The van der Waals surface area contributed by atoms with E-state index in [4.69, 9.17) is 18.9 Å². The Morgan fingerprint density at radius 3 is 2.23 bits per heavy atom. The number of carbonyl (C=O) groups is 1. The fourth-order valence-electron chi connectivity index (χ4n) is 3.16. The van der Waals surface area contributed by atoms with Crippen LogP contribution >= 0.6 is 0 Å². The Morgan fingerprint density at radius 1 is 0.933 bits per heavy atom. The maximum atomic E-state index is 12.6. The molecule has 0 radical (unpaired) electrons. The van der Waals surface area contributed by atoms with Gasteiger partial charge in [-0.25, -0.2) is 0 Å². The Labute approximate surface area is 173 Å². The summed E-state index contributed by atoms with van der Waals surface area (Å²) in [7, 11) is 6.04. The van der Waals surface area contributed by atoms with Crippen LogP contribution in [0.2, 0.25) is 0 Å². The summed E-state index contributed by atoms with van der Waals surface area (Å²) in [6.07, 6.45) is 0.382. The highest BCUT2D eigenvalue weighted by molar-refractivity contribution is 5.95. The van der Waals surface area contributed by atoms with E-state index in [1.54, 1.807) is 25.3 Å². The SMILES string of the molecule is COc1ccc2cc(CCNC(=O)c3cc(OC)c(OC)c(OC)c3)c(=O)[nH]c2c1. The highest BCUT2D eigenvalue weighted by atomic mass is 16.5. The molecule has 1 aromatic heterocycles. The first-order valence-corrected chi connectivity index (χ1v) is 9.28. The van der Waals surface area contributed by atoms with Gasteiger partial charge in [-0.3, -0.25) is 9.59 Å². The van der Waals surface area contributed by atoms with E-state index >= 15 is 0 Å². The molecule has 0 aliphatic heterocycles. The first kappa shape index (κ1) is 21.0. The molecule has 0 unspecified atom stereocenters. The molecule has 30 heavy (non-hydrogen) atoms. The molecule has 3 rings (SSSR count). The number of fused-ring (bicyclic) bond motifs is 1. The maximum absolute atomic E-state index is 12.6. The number of ether oxygens (including phenoxy) is 4. The van der Waals surface area contributed by atoms with E-state index in [0.29, 0.717) is 52.6 Å². The van der Waals surface area contributed by atoms with E-state index in [9.17, 15) is 9.59 Å². The lowest BCUT2D eigenvalue weighted by Crippen LogP contribution is -2.27. The Morgan fingerprint density at radius 2 is 1.63 bits per heavy atom. The lowest BCUT2D eigenvalue weighted by atomic mass is 10.1. The number of methoxy groups -OCH3 is 4. The Kier molecular flexibility index (Phi) is 6.46. The van der Waals surface area contributed by atoms with Crippen molar-refractivity contribution in [1.82, 2.24) is 10.3 Å². The summed E-state index contributed by atoms with van der Waals surface area (Å²) < 4.78 is 21.0. The van der Waals surface area contributed by atoms with Gasteiger partial charge in [-0.05, 0) is 42.1 Å². The normalized spacial score (nSPS) is 10.5. The Balaban J connectivity index is 1.73. The van der Waals surface area contributed by atoms with Crippen molar-refractivity contribution in [2.24, 2.45) is 0 Å². The minimum Gasteiger partial charge on any atom is -0.497 e. The van der Waals surface area contributed by atoms with Crippen LogP contribution in [0, 0.1) is 0 Å². The summed E-state index contributed by atoms with van der Waals surface area (Å²) in [5.74, 6) is 1.56. The fourth-order valence-corrected chi connectivity index (χ4v) is 3.16. The first-order valence-electron chi connectivity index (χ1n) is 9.28. The highest BCUT2D eigenvalue weighted by Gasteiger charge is 2.17. The van der Waals surface area contributed by atoms with Crippen molar-refractivity contribution in [1.29, 1.82) is 0 Å². The van der Waals surface area contributed by atoms with E-state index in [0.717, 1.165) is 5.39 Å². The second kappa shape index (κ2) is 9.21. The van der Waals surface area contributed by atoms with Crippen LogP contribution in [0.1, 0.15) is 15.9 Å². The van der Waals surface area contributed by atoms with E-state index in [1.807, 2.05) is 18.2 Å². The number of pyridine rings is 1. The molecule has 0 fully saturated rings. The predicted molar refractivity (Wildman–Crippen MR) is 113 cm³/mol. The molecule has 0 atom stereocenters. The quantitative estimate of drug-likeness (QED) is 0.590. The van der Waals surface area contributed by atoms with Crippen molar-refractivity contribution in [3.05, 3.63) is 57.9 Å². The van der Waals surface area contributed by atoms with Gasteiger partial charge in [0.15, 0.2) is 11.5 Å². The number of rotatable bonds is 8. The molecule has 158 valence electrons. The van der Waals surface area contributed by atoms with Gasteiger partial charge in [0.2, 0.25) is 5.75 Å². The largest absolute Gasteiger partial charge is 0.497 e. The van der Waals surface area contributed by atoms with Gasteiger partial charge in [-0.2, -0.15) is 0 Å². The standard InChI is InChI=1S/C22H24N2O6/c1-27-16-6-5-13-9-14(22(26)24-17(13)12-16)7-8-23-21(25)15-10-18(28-2)20(30-4)19(11-15)29-3/h5-6,9-12H,7-8H2,1-4H3,(H,23,25)(H,24,26). The minimum absolute atomic E-state index is 0.196. The molecule has 0 bridgehead atoms. The number of benzene rings is 2. The van der Waals surface area contributed by atoms with Gasteiger partial charge in [-0.15, -0.1) is 0 Å². The molecule has 8 heteroatoms. The molecular formula is C22H24N2O6. The van der Waals surface area contributed by atoms with Crippen molar-refractivity contribution in [2.75, 3.05) is 35.0 Å². The lowest BCUT2D eigenvalue weighted by Gasteiger charge is -2.14. The number of hydrogen-bond donors (Lipinski definition) is 2. The summed E-state index contributed by atoms with van der Waals surface area (Å²) in [6.45, 7) is 0.292. The van der Waals surface area contributed by atoms with E-state index < -0.39 is 0 Å². The number of amides is 1. The van der Waals surface area contributed by atoms with Crippen molar-refractivity contribution in [3.8, 4) is 23.0 Å². The molecule has 1 amide bonds. The molecule has 0 saturated carbocycles. The third kappa shape index (κ3) is 4.32. The second-order valence-corrected chi connectivity index (χ2v) is 6.50. The molecule has 1 heterocycles. The van der Waals surface area contributed by atoms with Crippen LogP contribution in [0.3, 0.4) is 0 Å². The monoisotopic (exact) mass is 412 g/mol. The summed E-state index contributed by atoms with van der Waals surface area (Å²) >= 11 is 0. The second-order valence-electron chi connectivity index (χ2n) is 6.50. The number of aromatic amines is 1. The molecule has 3 aromatic rings. The summed E-state index contributed by atoms with van der Waals surface area (Å²) in [4.78, 5) is 27.8. The Hall–Kier alpha value is -3.68. The highest BCUT2D eigenvalue weighted by Crippen LogP contribution is 2.38. The number of carbonyl (C=O) groups excluding carboxylic acids is 1. The summed E-state index contributed by atoms with van der Waals surface area (Å²) in [6, 6.07) is 10.4. The van der Waals surface area contributed by atoms with Crippen LogP contribution in [0.25, 0.3) is 10.9 Å². The van der Waals surface area contributed by atoms with Crippen molar-refractivity contribution in [3.63, 3.8) is 0 Å². The first-order chi connectivity index (χ1) is 14.5. The van der Waals surface area contributed by atoms with Crippen LogP contribution in [-0.2, 0) is 6.42 Å². The topological polar surface area (TPSA) is 98.9 Å². The molecule has 2 N–H and O–H groups in total. The van der Waals surface area contributed by atoms with Crippen LogP contribution in [-0.4, -0.2) is 45.9 Å². The van der Waals surface area contributed by atoms with Gasteiger partial charge in [0.05, 0.1) is 34.0 Å². The molecule has 8 nitrogen and oxygen atoms in total. The third-order valence-corrected chi connectivity index (χ3v) is 4.74. The maximum Gasteiger partial charge on any atom is 0.251 e. The average Bonchev–Trinajstić information content (AvgIpc) is 2.77. The van der Waals surface area contributed by atoms with Gasteiger partial charge in [0.1, 0.15) is 5.75 Å². The average molecular weight is 412 g/mol. The number of hydrogen-bond acceptors (Lipinski definition) is 6. The van der Waals surface area contributed by atoms with Crippen LogP contribution in [0.5, 0.6) is 23.0 Å². The van der Waals surface area contributed by atoms with Gasteiger partial charge in [0.25, 0.3) is 11.5 Å². The van der Waals surface area contributed by atoms with Crippen molar-refractivity contribution >= 4 is 16.8 Å². The molecule has 0 spiro atoms. The number of H-pyrrole nitrogens is 1. The fraction of sp³-hybridized carbons (Fsp3) is 0.273. The molecule has 0 aliphatic rings. The van der Waals surface area contributed by atoms with Gasteiger partial charge < -0.3 is 29.2 Å². The van der Waals surface area contributed by atoms with Gasteiger partial charge in [0, 0.05) is 23.7 Å². The van der Waals surface area contributed by atoms with Gasteiger partial charge in [-0.1, -0.05) is 0 Å². The zero-order chi connectivity index (χ0) is 21.7. The van der Waals surface area contributed by atoms with Crippen molar-refractivity contribution in [2.45, 2.75) is 6.42 Å². The molecular weight excluding hydrogens is 388 g/mol. The summed E-state index contributed by atoms with van der Waals surface area (Å²) in [5.41, 5.74) is 1.45. The zero-order valence-corrected chi connectivity index (χ0v) is 17.3. The van der Waals surface area contributed by atoms with E-state index in [2.05, 4.69) is 10.3 Å². The van der Waals surface area contributed by atoms with Crippen LogP contribution in [0.15, 0.2) is 41.2 Å². The lowest BCUT2D eigenvalue weighted by molar-refractivity contribution is 0.0953. The number of nitrogens with one attached hydrogen (secondary N) is 2. The minimum atomic E-state index is -0.309. The molecule has 2 aromatic carbocycles. The van der Waals surface area contributed by atoms with Gasteiger partial charge >= 0.3 is 0 Å². The molecule has 0 aliphatic carbocycles. The predicted octanol–water partition coefficient (Wildman–Crippen LogP) is 2.54. The third-order valence-electron chi connectivity index (χ3n) is 4.74. The van der Waals surface area contributed by atoms with Crippen LogP contribution in [0.4, 0.5) is 0 Å². The van der Waals surface area contributed by atoms with Crippen molar-refractivity contribution < 1.29 is 23.7 Å². The smallest absolute Gasteiger partial charge is 0.251 e. The van der Waals surface area contributed by atoms with E-state index in [-0.39, 0.29) is 11.5 Å². The Bertz CT molecular complexity index is 1100. The van der Waals surface area contributed by atoms with Crippen LogP contribution < -0.4 is 29.8 Å². The van der Waals surface area contributed by atoms with E-state index in [1.165, 1.54) is 21.3 Å². The zero-order valence-electron chi connectivity index (χ0n) is 17.3.